The lowest BCUT2D eigenvalue weighted by atomic mass is 9.96. The standard InChI is InChI=1S/C31H32F3N3O2/c1-20(2)18-26(29(38)37-30(19-35)16-17-30)39-27(23-6-4-3-5-7-23)24-12-8-21(9-13-24)22-10-14-25(15-11-22)28(36)31(32,33)34/h3-15,20,26-28H,16-18,36H2,1-2H3,(H,37,38)/t26-,27?,28?/m0/s1. The van der Waals surface area contributed by atoms with Crippen molar-refractivity contribution in [3.8, 4) is 17.2 Å². The molecule has 0 bridgehead atoms. The molecule has 1 aliphatic rings. The largest absolute Gasteiger partial charge is 0.407 e. The van der Waals surface area contributed by atoms with E-state index in [0.29, 0.717) is 19.3 Å². The van der Waals surface area contributed by atoms with Crippen molar-refractivity contribution in [1.29, 1.82) is 5.26 Å². The molecular weight excluding hydrogens is 503 g/mol. The van der Waals surface area contributed by atoms with Crippen LogP contribution < -0.4 is 11.1 Å². The van der Waals surface area contributed by atoms with Crippen LogP contribution in [0.4, 0.5) is 13.2 Å². The van der Waals surface area contributed by atoms with Crippen molar-refractivity contribution < 1.29 is 22.7 Å². The summed E-state index contributed by atoms with van der Waals surface area (Å²) >= 11 is 0. The minimum atomic E-state index is -4.51. The number of nitrogens with zero attached hydrogens (tertiary/aromatic N) is 1. The molecule has 1 saturated carbocycles. The highest BCUT2D eigenvalue weighted by Crippen LogP contribution is 2.36. The number of nitriles is 1. The van der Waals surface area contributed by atoms with E-state index in [2.05, 4.69) is 11.4 Å². The highest BCUT2D eigenvalue weighted by molar-refractivity contribution is 5.82. The minimum Gasteiger partial charge on any atom is -0.356 e. The molecule has 3 aromatic rings. The number of hydrogen-bond donors (Lipinski definition) is 2. The fourth-order valence-electron chi connectivity index (χ4n) is 4.42. The van der Waals surface area contributed by atoms with Crippen LogP contribution >= 0.6 is 0 Å². The van der Waals surface area contributed by atoms with Crippen LogP contribution in [0.1, 0.15) is 61.9 Å². The van der Waals surface area contributed by atoms with Gasteiger partial charge in [0.05, 0.1) is 6.07 Å². The monoisotopic (exact) mass is 535 g/mol. The maximum Gasteiger partial charge on any atom is 0.407 e. The highest BCUT2D eigenvalue weighted by Gasteiger charge is 2.46. The van der Waals surface area contributed by atoms with Gasteiger partial charge in [-0.05, 0) is 53.0 Å². The van der Waals surface area contributed by atoms with E-state index in [-0.39, 0.29) is 17.4 Å². The van der Waals surface area contributed by atoms with Gasteiger partial charge < -0.3 is 15.8 Å². The summed E-state index contributed by atoms with van der Waals surface area (Å²) in [5, 5.41) is 12.3. The van der Waals surface area contributed by atoms with Crippen molar-refractivity contribution in [2.45, 2.75) is 63.1 Å². The maximum absolute atomic E-state index is 13.2. The first-order valence-corrected chi connectivity index (χ1v) is 13.0. The molecule has 3 aromatic carbocycles. The summed E-state index contributed by atoms with van der Waals surface area (Å²) in [4.78, 5) is 13.2. The zero-order valence-electron chi connectivity index (χ0n) is 21.9. The summed E-state index contributed by atoms with van der Waals surface area (Å²) in [5.41, 5.74) is 7.79. The van der Waals surface area contributed by atoms with Crippen molar-refractivity contribution >= 4 is 5.91 Å². The summed E-state index contributed by atoms with van der Waals surface area (Å²) < 4.78 is 45.4. The Hall–Kier alpha value is -3.67. The van der Waals surface area contributed by atoms with Crippen LogP contribution in [0.2, 0.25) is 0 Å². The van der Waals surface area contributed by atoms with Gasteiger partial charge in [-0.15, -0.1) is 0 Å². The molecule has 39 heavy (non-hydrogen) atoms. The van der Waals surface area contributed by atoms with Crippen LogP contribution in [0.15, 0.2) is 78.9 Å². The molecule has 1 fully saturated rings. The molecule has 0 saturated heterocycles. The maximum atomic E-state index is 13.2. The second-order valence-electron chi connectivity index (χ2n) is 10.5. The van der Waals surface area contributed by atoms with Gasteiger partial charge in [0.15, 0.2) is 0 Å². The molecule has 1 aliphatic carbocycles. The smallest absolute Gasteiger partial charge is 0.356 e. The molecule has 3 N–H and O–H groups in total. The quantitative estimate of drug-likeness (QED) is 0.306. The third-order valence-electron chi connectivity index (χ3n) is 6.88. The van der Waals surface area contributed by atoms with Gasteiger partial charge in [-0.1, -0.05) is 92.7 Å². The predicted octanol–water partition coefficient (Wildman–Crippen LogP) is 6.61. The Balaban J connectivity index is 1.59. The number of halogens is 3. The Morgan fingerprint density at radius 3 is 1.92 bits per heavy atom. The summed E-state index contributed by atoms with van der Waals surface area (Å²) in [6, 6.07) is 23.3. The van der Waals surface area contributed by atoms with E-state index in [1.165, 1.54) is 12.1 Å². The van der Waals surface area contributed by atoms with E-state index >= 15 is 0 Å². The molecule has 8 heteroatoms. The first kappa shape index (κ1) is 28.3. The number of ether oxygens (including phenoxy) is 1. The molecule has 1 amide bonds. The number of hydrogen-bond acceptors (Lipinski definition) is 4. The molecule has 0 heterocycles. The summed E-state index contributed by atoms with van der Waals surface area (Å²) in [7, 11) is 0. The Kier molecular flexibility index (Phi) is 8.43. The summed E-state index contributed by atoms with van der Waals surface area (Å²) in [6.45, 7) is 4.03. The number of carbonyl (C=O) groups excluding carboxylic acids is 1. The molecule has 5 nitrogen and oxygen atoms in total. The molecule has 3 atom stereocenters. The number of nitrogens with two attached hydrogens (primary N) is 1. The van der Waals surface area contributed by atoms with Crippen molar-refractivity contribution in [2.24, 2.45) is 11.7 Å². The number of alkyl halides is 3. The first-order chi connectivity index (χ1) is 18.5. The Morgan fingerprint density at radius 1 is 0.949 bits per heavy atom. The first-order valence-electron chi connectivity index (χ1n) is 13.0. The number of carbonyl (C=O) groups is 1. The SMILES string of the molecule is CC(C)C[C@H](OC(c1ccccc1)c1ccc(-c2ccc(C(N)C(F)(F)F)cc2)cc1)C(=O)NC1(C#N)CC1. The third-order valence-corrected chi connectivity index (χ3v) is 6.88. The van der Waals surface area contributed by atoms with E-state index in [1.54, 1.807) is 12.1 Å². The van der Waals surface area contributed by atoms with Crippen LogP contribution in [-0.4, -0.2) is 23.7 Å². The van der Waals surface area contributed by atoms with Gasteiger partial charge in [0, 0.05) is 0 Å². The number of rotatable bonds is 10. The molecule has 204 valence electrons. The van der Waals surface area contributed by atoms with Crippen LogP contribution in [0, 0.1) is 17.2 Å². The van der Waals surface area contributed by atoms with Gasteiger partial charge in [-0.2, -0.15) is 18.4 Å². The Bertz CT molecular complexity index is 1300. The van der Waals surface area contributed by atoms with Gasteiger partial charge in [0.1, 0.15) is 23.8 Å². The van der Waals surface area contributed by atoms with Gasteiger partial charge in [0.2, 0.25) is 5.91 Å². The Morgan fingerprint density at radius 2 is 1.46 bits per heavy atom. The highest BCUT2D eigenvalue weighted by atomic mass is 19.4. The zero-order valence-corrected chi connectivity index (χ0v) is 21.9. The van der Waals surface area contributed by atoms with Gasteiger partial charge in [-0.3, -0.25) is 4.79 Å². The average molecular weight is 536 g/mol. The van der Waals surface area contributed by atoms with Crippen LogP contribution in [0.5, 0.6) is 0 Å². The second kappa shape index (κ2) is 11.6. The zero-order chi connectivity index (χ0) is 28.2. The summed E-state index contributed by atoms with van der Waals surface area (Å²) in [6.07, 6.45) is -4.05. The van der Waals surface area contributed by atoms with Crippen molar-refractivity contribution in [1.82, 2.24) is 5.32 Å². The predicted molar refractivity (Wildman–Crippen MR) is 143 cm³/mol. The van der Waals surface area contributed by atoms with Crippen molar-refractivity contribution in [3.05, 3.63) is 95.6 Å². The molecular formula is C31H32F3N3O2. The average Bonchev–Trinajstić information content (AvgIpc) is 3.70. The topological polar surface area (TPSA) is 88.1 Å². The molecule has 0 radical (unpaired) electrons. The second-order valence-corrected chi connectivity index (χ2v) is 10.5. The molecule has 2 unspecified atom stereocenters. The number of amides is 1. The van der Waals surface area contributed by atoms with Gasteiger partial charge in [-0.25, -0.2) is 0 Å². The van der Waals surface area contributed by atoms with E-state index in [9.17, 15) is 23.2 Å². The molecule has 0 spiro atoms. The van der Waals surface area contributed by atoms with E-state index < -0.39 is 30.0 Å². The van der Waals surface area contributed by atoms with Crippen LogP contribution in [0.3, 0.4) is 0 Å². The van der Waals surface area contributed by atoms with Crippen molar-refractivity contribution in [2.75, 3.05) is 0 Å². The van der Waals surface area contributed by atoms with E-state index in [1.807, 2.05) is 68.4 Å². The lowest BCUT2D eigenvalue weighted by Gasteiger charge is -2.27. The number of nitrogens with one attached hydrogen (secondary N) is 1. The molecule has 0 aliphatic heterocycles. The van der Waals surface area contributed by atoms with Crippen molar-refractivity contribution in [3.63, 3.8) is 0 Å². The van der Waals surface area contributed by atoms with E-state index in [4.69, 9.17) is 10.5 Å². The number of benzene rings is 3. The fraction of sp³-hybridized carbons (Fsp3) is 0.355. The lowest BCUT2D eigenvalue weighted by Crippen LogP contribution is -2.44. The van der Waals surface area contributed by atoms with Crippen LogP contribution in [-0.2, 0) is 9.53 Å². The lowest BCUT2D eigenvalue weighted by molar-refractivity contribution is -0.149. The molecule has 4 rings (SSSR count). The van der Waals surface area contributed by atoms with E-state index in [0.717, 1.165) is 22.3 Å². The van der Waals surface area contributed by atoms with Gasteiger partial charge in [0.25, 0.3) is 0 Å². The minimum absolute atomic E-state index is 0.000687. The van der Waals surface area contributed by atoms with Crippen LogP contribution in [0.25, 0.3) is 11.1 Å². The normalized spacial score (nSPS) is 16.7. The van der Waals surface area contributed by atoms with Gasteiger partial charge >= 0.3 is 6.18 Å². The Labute approximate surface area is 226 Å². The fourth-order valence-corrected chi connectivity index (χ4v) is 4.42. The third kappa shape index (κ3) is 7.05. The summed E-state index contributed by atoms with van der Waals surface area (Å²) in [5.74, 6) is -0.109. The molecule has 0 aromatic heterocycles.